The minimum Gasteiger partial charge on any atom is -0.352 e. The van der Waals surface area contributed by atoms with E-state index in [2.05, 4.69) is 20.8 Å². The number of piperidine rings is 1. The lowest BCUT2D eigenvalue weighted by atomic mass is 9.90. The number of nitrogens with one attached hydrogen (secondary N) is 3. The largest absolute Gasteiger partial charge is 0.352 e. The van der Waals surface area contributed by atoms with Crippen LogP contribution in [-0.2, 0) is 0 Å². The highest BCUT2D eigenvalue weighted by molar-refractivity contribution is 5.96. The molecule has 0 atom stereocenters. The molecule has 3 N–H and O–H groups in total. The first kappa shape index (κ1) is 22.8. The van der Waals surface area contributed by atoms with Gasteiger partial charge in [0.2, 0.25) is 0 Å². The van der Waals surface area contributed by atoms with Crippen LogP contribution in [0.25, 0.3) is 22.0 Å². The third-order valence-corrected chi connectivity index (χ3v) is 6.36. The molecule has 4 rings (SSSR count). The van der Waals surface area contributed by atoms with Crippen LogP contribution in [-0.4, -0.2) is 53.2 Å². The number of benzene rings is 2. The number of urea groups is 1. The lowest BCUT2D eigenvalue weighted by Gasteiger charge is -2.31. The number of rotatable bonds is 5. The molecule has 7 nitrogen and oxygen atoms in total. The molecule has 0 radical (unpaired) electrons. The third kappa shape index (κ3) is 4.55. The van der Waals surface area contributed by atoms with Gasteiger partial charge in [0.25, 0.3) is 5.91 Å². The van der Waals surface area contributed by atoms with Crippen molar-refractivity contribution >= 4 is 22.8 Å². The highest BCUT2D eigenvalue weighted by atomic mass is 19.1. The number of amides is 3. The van der Waals surface area contributed by atoms with Crippen molar-refractivity contribution in [3.05, 3.63) is 53.0 Å². The first-order valence-corrected chi connectivity index (χ1v) is 11.5. The van der Waals surface area contributed by atoms with Crippen molar-refractivity contribution in [3.8, 4) is 11.1 Å². The molecular weight excluding hydrogens is 421 g/mol. The average molecular weight is 452 g/mol. The van der Waals surface area contributed by atoms with Gasteiger partial charge in [-0.15, -0.1) is 0 Å². The summed E-state index contributed by atoms with van der Waals surface area (Å²) in [6.07, 6.45) is 1.74. The summed E-state index contributed by atoms with van der Waals surface area (Å²) in [4.78, 5) is 26.2. The van der Waals surface area contributed by atoms with Crippen LogP contribution in [0.5, 0.6) is 0 Å². The number of aromatic amines is 1. The van der Waals surface area contributed by atoms with Gasteiger partial charge in [-0.05, 0) is 68.5 Å². The van der Waals surface area contributed by atoms with E-state index in [0.717, 1.165) is 35.0 Å². The van der Waals surface area contributed by atoms with Crippen LogP contribution in [0.15, 0.2) is 30.3 Å². The van der Waals surface area contributed by atoms with Crippen molar-refractivity contribution in [1.82, 2.24) is 25.7 Å². The topological polar surface area (TPSA) is 90.1 Å². The van der Waals surface area contributed by atoms with E-state index in [4.69, 9.17) is 0 Å². The zero-order chi connectivity index (χ0) is 23.5. The summed E-state index contributed by atoms with van der Waals surface area (Å²) in [5, 5.41) is 14.3. The number of H-pyrrole nitrogens is 1. The molecule has 1 aliphatic heterocycles. The molecule has 2 aromatic carbocycles. The predicted molar refractivity (Wildman–Crippen MR) is 127 cm³/mol. The summed E-state index contributed by atoms with van der Waals surface area (Å²) in [5.41, 5.74) is 4.17. The molecule has 3 aromatic rings. The van der Waals surface area contributed by atoms with Crippen LogP contribution < -0.4 is 10.6 Å². The smallest absolute Gasteiger partial charge is 0.317 e. The molecule has 2 heterocycles. The number of fused-ring (bicyclic) bond motifs is 1. The second-order valence-electron chi connectivity index (χ2n) is 8.46. The molecule has 3 amide bonds. The quantitative estimate of drug-likeness (QED) is 0.539. The molecule has 1 saturated heterocycles. The summed E-state index contributed by atoms with van der Waals surface area (Å²) in [6, 6.07) is 8.90. The maximum atomic E-state index is 14.6. The number of hydrogen-bond donors (Lipinski definition) is 3. The minimum atomic E-state index is -0.407. The van der Waals surface area contributed by atoms with Gasteiger partial charge in [-0.2, -0.15) is 5.10 Å². The maximum absolute atomic E-state index is 14.6. The molecule has 8 heteroatoms. The molecule has 0 spiro atoms. The van der Waals surface area contributed by atoms with Crippen molar-refractivity contribution < 1.29 is 14.0 Å². The van der Waals surface area contributed by atoms with Gasteiger partial charge in [-0.25, -0.2) is 9.18 Å². The summed E-state index contributed by atoms with van der Waals surface area (Å²) in [5.74, 6) is -0.401. The zero-order valence-electron chi connectivity index (χ0n) is 19.3. The number of nitrogens with zero attached hydrogens (tertiary/aromatic N) is 2. The molecule has 1 aromatic heterocycles. The van der Waals surface area contributed by atoms with Crippen molar-refractivity contribution in [2.24, 2.45) is 0 Å². The number of carbonyl (C=O) groups is 2. The van der Waals surface area contributed by atoms with Crippen molar-refractivity contribution in [2.75, 3.05) is 26.2 Å². The van der Waals surface area contributed by atoms with E-state index in [1.807, 2.05) is 36.9 Å². The van der Waals surface area contributed by atoms with Gasteiger partial charge in [0.1, 0.15) is 5.82 Å². The lowest BCUT2D eigenvalue weighted by Crippen LogP contribution is -2.44. The summed E-state index contributed by atoms with van der Waals surface area (Å²) in [7, 11) is 0. The highest BCUT2D eigenvalue weighted by Crippen LogP contribution is 2.34. The van der Waals surface area contributed by atoms with Gasteiger partial charge >= 0.3 is 6.03 Å². The summed E-state index contributed by atoms with van der Waals surface area (Å²) in [6.45, 7) is 7.99. The summed E-state index contributed by atoms with van der Waals surface area (Å²) >= 11 is 0. The normalized spacial score (nSPS) is 14.5. The highest BCUT2D eigenvalue weighted by Gasteiger charge is 2.26. The van der Waals surface area contributed by atoms with Crippen LogP contribution in [0, 0.1) is 12.7 Å². The zero-order valence-corrected chi connectivity index (χ0v) is 19.3. The number of halogens is 1. The molecule has 174 valence electrons. The van der Waals surface area contributed by atoms with E-state index in [9.17, 15) is 14.0 Å². The summed E-state index contributed by atoms with van der Waals surface area (Å²) < 4.78 is 14.6. The Morgan fingerprint density at radius 1 is 1.12 bits per heavy atom. The number of hydrogen-bond acceptors (Lipinski definition) is 3. The van der Waals surface area contributed by atoms with Gasteiger partial charge in [0, 0.05) is 48.7 Å². The van der Waals surface area contributed by atoms with E-state index in [1.54, 1.807) is 13.0 Å². The molecular formula is C25H30FN5O2. The second-order valence-corrected chi connectivity index (χ2v) is 8.46. The fraction of sp³-hybridized carbons (Fsp3) is 0.400. The fourth-order valence-corrected chi connectivity index (χ4v) is 4.52. The van der Waals surface area contributed by atoms with Crippen LogP contribution >= 0.6 is 0 Å². The Bertz CT molecular complexity index is 1180. The van der Waals surface area contributed by atoms with E-state index in [1.165, 1.54) is 6.07 Å². The van der Waals surface area contributed by atoms with Gasteiger partial charge in [0.15, 0.2) is 0 Å². The second kappa shape index (κ2) is 9.60. The Kier molecular flexibility index (Phi) is 6.62. The monoisotopic (exact) mass is 451 g/mol. The Morgan fingerprint density at radius 3 is 2.55 bits per heavy atom. The van der Waals surface area contributed by atoms with E-state index in [0.29, 0.717) is 48.8 Å². The molecule has 0 bridgehead atoms. The van der Waals surface area contributed by atoms with Crippen LogP contribution in [0.2, 0.25) is 0 Å². The van der Waals surface area contributed by atoms with Gasteiger partial charge in [-0.1, -0.05) is 12.1 Å². The van der Waals surface area contributed by atoms with E-state index < -0.39 is 5.82 Å². The van der Waals surface area contributed by atoms with Crippen LogP contribution in [0.1, 0.15) is 54.2 Å². The molecule has 0 unspecified atom stereocenters. The number of likely N-dealkylation sites (tertiary alicyclic amines) is 1. The minimum absolute atomic E-state index is 0.00693. The third-order valence-electron chi connectivity index (χ3n) is 6.36. The lowest BCUT2D eigenvalue weighted by molar-refractivity contribution is 0.0955. The standard InChI is InChI=1S/C25H30FN5O2/c1-4-27-24(32)18-12-20(15(3)21(26)13-18)17-6-7-19-22(14-17)29-30-23(19)16-8-10-31(11-9-16)25(33)28-5-2/h6-7,12-14,16H,4-5,8-11H2,1-3H3,(H,27,32)(H,28,33)(H,29,30). The first-order valence-electron chi connectivity index (χ1n) is 11.5. The SMILES string of the molecule is CCNC(=O)c1cc(F)c(C)c(-c2ccc3c(C4CCN(C(=O)NCC)CC4)[nH]nc3c2)c1. The molecule has 0 saturated carbocycles. The Labute approximate surface area is 192 Å². The van der Waals surface area contributed by atoms with Gasteiger partial charge in [-0.3, -0.25) is 9.89 Å². The fourth-order valence-electron chi connectivity index (χ4n) is 4.52. The maximum Gasteiger partial charge on any atom is 0.317 e. The number of carbonyl (C=O) groups excluding carboxylic acids is 2. The van der Waals surface area contributed by atoms with Gasteiger partial charge < -0.3 is 15.5 Å². The van der Waals surface area contributed by atoms with Crippen LogP contribution in [0.4, 0.5) is 9.18 Å². The molecule has 0 aliphatic carbocycles. The van der Waals surface area contributed by atoms with Crippen molar-refractivity contribution in [2.45, 2.75) is 39.5 Å². The average Bonchev–Trinajstić information content (AvgIpc) is 3.24. The Balaban J connectivity index is 1.59. The van der Waals surface area contributed by atoms with Crippen molar-refractivity contribution in [1.29, 1.82) is 0 Å². The number of aromatic nitrogens is 2. The van der Waals surface area contributed by atoms with Crippen molar-refractivity contribution in [3.63, 3.8) is 0 Å². The van der Waals surface area contributed by atoms with Gasteiger partial charge in [0.05, 0.1) is 5.52 Å². The molecule has 1 fully saturated rings. The van der Waals surface area contributed by atoms with Crippen LogP contribution in [0.3, 0.4) is 0 Å². The molecule has 1 aliphatic rings. The Morgan fingerprint density at radius 2 is 1.85 bits per heavy atom. The predicted octanol–water partition coefficient (Wildman–Crippen LogP) is 4.34. The van der Waals surface area contributed by atoms with E-state index >= 15 is 0 Å². The van der Waals surface area contributed by atoms with E-state index in [-0.39, 0.29) is 11.9 Å². The molecule has 33 heavy (non-hydrogen) atoms. The first-order chi connectivity index (χ1) is 15.9. The Hall–Kier alpha value is -3.42.